The third-order valence-electron chi connectivity index (χ3n) is 2.92. The predicted octanol–water partition coefficient (Wildman–Crippen LogP) is 2.35. The molecular weight excluding hydrogens is 310 g/mol. The number of rotatable bonds is 1. The first-order valence-electron chi connectivity index (χ1n) is 5.55. The Labute approximate surface area is 117 Å². The predicted molar refractivity (Wildman–Crippen MR) is 72.1 cm³/mol. The van der Waals surface area contributed by atoms with Crippen molar-refractivity contribution in [3.05, 3.63) is 51.9 Å². The molecule has 0 unspecified atom stereocenters. The van der Waals surface area contributed by atoms with E-state index >= 15 is 0 Å². The van der Waals surface area contributed by atoms with E-state index in [-0.39, 0.29) is 11.8 Å². The van der Waals surface area contributed by atoms with Crippen LogP contribution in [0.5, 0.6) is 0 Å². The van der Waals surface area contributed by atoms with Gasteiger partial charge in [-0.15, -0.1) is 0 Å². The van der Waals surface area contributed by atoms with Gasteiger partial charge in [-0.25, -0.2) is 9.88 Å². The number of aromatic nitrogens is 2. The van der Waals surface area contributed by atoms with Gasteiger partial charge in [0.2, 0.25) is 0 Å². The summed E-state index contributed by atoms with van der Waals surface area (Å²) >= 11 is 3.34. The van der Waals surface area contributed by atoms with E-state index in [1.807, 2.05) is 0 Å². The minimum absolute atomic E-state index is 0.315. The van der Waals surface area contributed by atoms with Gasteiger partial charge in [0.1, 0.15) is 5.82 Å². The van der Waals surface area contributed by atoms with Gasteiger partial charge in [0.25, 0.3) is 11.8 Å². The van der Waals surface area contributed by atoms with Crippen LogP contribution in [0.2, 0.25) is 0 Å². The molecule has 0 spiro atoms. The highest BCUT2D eigenvalue weighted by Crippen LogP contribution is 2.27. The number of carbonyl (C=O) groups is 2. The molecule has 0 saturated heterocycles. The van der Waals surface area contributed by atoms with Crippen LogP contribution in [0, 0.1) is 6.92 Å². The molecule has 0 N–H and O–H groups in total. The second kappa shape index (κ2) is 4.24. The summed E-state index contributed by atoms with van der Waals surface area (Å²) in [6, 6.07) is 4.94. The van der Waals surface area contributed by atoms with Crippen LogP contribution in [0.4, 0.5) is 5.82 Å². The van der Waals surface area contributed by atoms with E-state index in [4.69, 9.17) is 0 Å². The Morgan fingerprint density at radius 3 is 2.53 bits per heavy atom. The molecule has 6 heteroatoms. The molecule has 0 radical (unpaired) electrons. The average molecular weight is 318 g/mol. The van der Waals surface area contributed by atoms with Crippen molar-refractivity contribution in [2.45, 2.75) is 6.92 Å². The van der Waals surface area contributed by atoms with Gasteiger partial charge < -0.3 is 0 Å². The first kappa shape index (κ1) is 12.0. The van der Waals surface area contributed by atoms with Crippen molar-refractivity contribution >= 4 is 33.6 Å². The highest BCUT2D eigenvalue weighted by Gasteiger charge is 2.37. The second-order valence-electron chi connectivity index (χ2n) is 4.10. The number of anilines is 1. The summed E-state index contributed by atoms with van der Waals surface area (Å²) in [7, 11) is 0. The molecule has 1 aliphatic heterocycles. The van der Waals surface area contributed by atoms with Crippen molar-refractivity contribution in [1.82, 2.24) is 9.97 Å². The monoisotopic (exact) mass is 317 g/mol. The highest BCUT2D eigenvalue weighted by atomic mass is 79.9. The van der Waals surface area contributed by atoms with Gasteiger partial charge in [0.05, 0.1) is 16.8 Å². The molecule has 19 heavy (non-hydrogen) atoms. The Morgan fingerprint density at radius 2 is 1.84 bits per heavy atom. The third kappa shape index (κ3) is 1.76. The fourth-order valence-corrected chi connectivity index (χ4v) is 2.17. The molecule has 0 fully saturated rings. The van der Waals surface area contributed by atoms with Crippen LogP contribution < -0.4 is 4.90 Å². The topological polar surface area (TPSA) is 63.2 Å². The summed E-state index contributed by atoms with van der Waals surface area (Å²) in [5, 5.41) is 0. The van der Waals surface area contributed by atoms with Crippen molar-refractivity contribution in [1.29, 1.82) is 0 Å². The summed E-state index contributed by atoms with van der Waals surface area (Å²) < 4.78 is 0.828. The Hall–Kier alpha value is -2.08. The maximum Gasteiger partial charge on any atom is 0.268 e. The molecule has 2 aromatic rings. The summed E-state index contributed by atoms with van der Waals surface area (Å²) in [5.41, 5.74) is 1.39. The number of amides is 2. The van der Waals surface area contributed by atoms with E-state index in [1.54, 1.807) is 25.1 Å². The highest BCUT2D eigenvalue weighted by molar-refractivity contribution is 9.10. The molecule has 0 aliphatic carbocycles. The number of fused-ring (bicyclic) bond motifs is 1. The lowest BCUT2D eigenvalue weighted by Crippen LogP contribution is -2.30. The first-order valence-corrected chi connectivity index (χ1v) is 6.35. The summed E-state index contributed by atoms with van der Waals surface area (Å²) in [5.74, 6) is -0.425. The van der Waals surface area contributed by atoms with E-state index in [9.17, 15) is 9.59 Å². The van der Waals surface area contributed by atoms with Crippen molar-refractivity contribution in [2.75, 3.05) is 4.90 Å². The zero-order valence-electron chi connectivity index (χ0n) is 9.92. The average Bonchev–Trinajstić information content (AvgIpc) is 2.66. The largest absolute Gasteiger partial charge is 0.268 e. The molecule has 0 aromatic carbocycles. The van der Waals surface area contributed by atoms with Crippen LogP contribution in [-0.2, 0) is 0 Å². The summed E-state index contributed by atoms with van der Waals surface area (Å²) in [6.45, 7) is 1.80. The fraction of sp³-hybridized carbons (Fsp3) is 0.0769. The minimum Gasteiger partial charge on any atom is -0.268 e. The number of hydrogen-bond donors (Lipinski definition) is 0. The molecule has 94 valence electrons. The van der Waals surface area contributed by atoms with Crippen molar-refractivity contribution in [2.24, 2.45) is 0 Å². The van der Waals surface area contributed by atoms with Gasteiger partial charge in [0.15, 0.2) is 0 Å². The van der Waals surface area contributed by atoms with E-state index in [0.29, 0.717) is 22.6 Å². The number of halogens is 1. The molecule has 1 aliphatic rings. The Bertz CT molecular complexity index is 680. The third-order valence-corrected chi connectivity index (χ3v) is 3.76. The zero-order valence-corrected chi connectivity index (χ0v) is 11.5. The lowest BCUT2D eigenvalue weighted by atomic mass is 10.2. The summed E-state index contributed by atoms with van der Waals surface area (Å²) in [4.78, 5) is 33.7. The van der Waals surface area contributed by atoms with Gasteiger partial charge >= 0.3 is 0 Å². The number of aryl methyl sites for hydroxylation is 1. The molecule has 2 aromatic heterocycles. The quantitative estimate of drug-likeness (QED) is 0.757. The van der Waals surface area contributed by atoms with Crippen LogP contribution in [0.1, 0.15) is 26.4 Å². The Kier molecular flexibility index (Phi) is 2.67. The molecule has 0 saturated carbocycles. The van der Waals surface area contributed by atoms with Crippen LogP contribution >= 0.6 is 15.9 Å². The molecule has 3 heterocycles. The van der Waals surface area contributed by atoms with Crippen LogP contribution in [0.25, 0.3) is 0 Å². The van der Waals surface area contributed by atoms with Crippen LogP contribution in [0.15, 0.2) is 35.1 Å². The first-order chi connectivity index (χ1) is 9.09. The van der Waals surface area contributed by atoms with E-state index in [0.717, 1.165) is 9.37 Å². The van der Waals surface area contributed by atoms with Gasteiger partial charge in [0, 0.05) is 16.9 Å². The minimum atomic E-state index is -0.387. The summed E-state index contributed by atoms with van der Waals surface area (Å²) in [6.07, 6.45) is 2.90. The van der Waals surface area contributed by atoms with Gasteiger partial charge in [-0.2, -0.15) is 0 Å². The van der Waals surface area contributed by atoms with Gasteiger partial charge in [-0.05, 0) is 41.1 Å². The Balaban J connectivity index is 2.11. The number of pyridine rings is 2. The van der Waals surface area contributed by atoms with Crippen LogP contribution in [-0.4, -0.2) is 21.8 Å². The van der Waals surface area contributed by atoms with Crippen molar-refractivity contribution < 1.29 is 9.59 Å². The molecule has 0 bridgehead atoms. The van der Waals surface area contributed by atoms with E-state index in [2.05, 4.69) is 25.9 Å². The SMILES string of the molecule is Cc1nc(N2C(=O)c3ccncc3C2=O)ccc1Br. The molecule has 0 atom stereocenters. The Morgan fingerprint density at radius 1 is 1.11 bits per heavy atom. The van der Waals surface area contributed by atoms with Crippen molar-refractivity contribution in [3.8, 4) is 0 Å². The maximum absolute atomic E-state index is 12.2. The number of carbonyl (C=O) groups excluding carboxylic acids is 2. The number of imide groups is 1. The fourth-order valence-electron chi connectivity index (χ4n) is 1.95. The van der Waals surface area contributed by atoms with Crippen LogP contribution in [0.3, 0.4) is 0 Å². The normalized spacial score (nSPS) is 13.9. The lowest BCUT2D eigenvalue weighted by molar-refractivity contribution is 0.0925. The lowest BCUT2D eigenvalue weighted by Gasteiger charge is -2.13. The molecule has 5 nitrogen and oxygen atoms in total. The van der Waals surface area contributed by atoms with E-state index in [1.165, 1.54) is 12.4 Å². The smallest absolute Gasteiger partial charge is 0.268 e. The zero-order chi connectivity index (χ0) is 13.6. The standard InChI is InChI=1S/C13H8BrN3O2/c1-7-10(14)2-3-11(16-7)17-12(18)8-4-5-15-6-9(8)13(17)19/h2-6H,1H3. The second-order valence-corrected chi connectivity index (χ2v) is 4.96. The number of nitrogens with zero attached hydrogens (tertiary/aromatic N) is 3. The van der Waals surface area contributed by atoms with Crippen molar-refractivity contribution in [3.63, 3.8) is 0 Å². The van der Waals surface area contributed by atoms with E-state index < -0.39 is 0 Å². The van der Waals surface area contributed by atoms with Gasteiger partial charge in [-0.3, -0.25) is 14.6 Å². The van der Waals surface area contributed by atoms with Gasteiger partial charge in [-0.1, -0.05) is 0 Å². The molecular formula is C13H8BrN3O2. The maximum atomic E-state index is 12.2. The number of hydrogen-bond acceptors (Lipinski definition) is 4. The molecule has 3 rings (SSSR count). The molecule has 2 amide bonds.